The van der Waals surface area contributed by atoms with E-state index in [1.165, 1.54) is 0 Å². The number of halogens is 1. The van der Waals surface area contributed by atoms with Crippen LogP contribution in [0.1, 0.15) is 23.5 Å². The van der Waals surface area contributed by atoms with Gasteiger partial charge in [-0.15, -0.1) is 24.0 Å². The Morgan fingerprint density at radius 1 is 0.969 bits per heavy atom. The average molecular weight is 542 g/mol. The van der Waals surface area contributed by atoms with Gasteiger partial charge < -0.3 is 20.7 Å². The van der Waals surface area contributed by atoms with Gasteiger partial charge in [-0.3, -0.25) is 9.79 Å². The third kappa shape index (κ3) is 6.23. The molecular formula is C25H27IN4O2. The van der Waals surface area contributed by atoms with Crippen molar-refractivity contribution in [2.75, 3.05) is 18.9 Å². The van der Waals surface area contributed by atoms with Crippen molar-refractivity contribution in [1.29, 1.82) is 0 Å². The molecule has 166 valence electrons. The minimum Gasteiger partial charge on any atom is -0.457 e. The summed E-state index contributed by atoms with van der Waals surface area (Å²) in [6, 6.07) is 25.6. The summed E-state index contributed by atoms with van der Waals surface area (Å²) in [4.78, 5) is 16.3. The third-order valence-electron chi connectivity index (χ3n) is 5.21. The van der Waals surface area contributed by atoms with Gasteiger partial charge in [-0.1, -0.05) is 48.5 Å². The van der Waals surface area contributed by atoms with Gasteiger partial charge in [-0.05, 0) is 41.5 Å². The number of benzene rings is 3. The van der Waals surface area contributed by atoms with Crippen LogP contribution in [0.25, 0.3) is 0 Å². The fourth-order valence-electron chi connectivity index (χ4n) is 3.61. The number of anilines is 1. The standard InChI is InChI=1S/C25H26N4O2.HI/c1-26-25(28-17-19-15-24(30)29-23-10-6-5-9-22(19)23)27-16-18-11-13-21(14-12-18)31-20-7-3-2-4-8-20;/h2-14,19H,15-17H2,1H3,(H,29,30)(H2,26,27,28);1H. The summed E-state index contributed by atoms with van der Waals surface area (Å²) in [5.74, 6) is 2.47. The first-order valence-corrected chi connectivity index (χ1v) is 10.4. The number of fused-ring (bicyclic) bond motifs is 1. The van der Waals surface area contributed by atoms with E-state index in [9.17, 15) is 4.79 Å². The molecule has 0 aliphatic carbocycles. The zero-order valence-electron chi connectivity index (χ0n) is 17.9. The van der Waals surface area contributed by atoms with Crippen LogP contribution >= 0.6 is 24.0 Å². The molecule has 1 atom stereocenters. The second-order valence-corrected chi connectivity index (χ2v) is 7.40. The average Bonchev–Trinajstić information content (AvgIpc) is 2.80. The Labute approximate surface area is 205 Å². The van der Waals surface area contributed by atoms with Gasteiger partial charge >= 0.3 is 0 Å². The van der Waals surface area contributed by atoms with Gasteiger partial charge in [0.15, 0.2) is 5.96 Å². The van der Waals surface area contributed by atoms with Gasteiger partial charge in [0.1, 0.15) is 11.5 Å². The highest BCUT2D eigenvalue weighted by Crippen LogP contribution is 2.31. The van der Waals surface area contributed by atoms with Crippen molar-refractivity contribution >= 4 is 41.5 Å². The van der Waals surface area contributed by atoms with Gasteiger partial charge in [0.05, 0.1) is 0 Å². The number of rotatable bonds is 6. The van der Waals surface area contributed by atoms with E-state index in [0.717, 1.165) is 28.3 Å². The van der Waals surface area contributed by atoms with Crippen molar-refractivity contribution in [1.82, 2.24) is 10.6 Å². The number of amides is 1. The number of nitrogens with zero attached hydrogens (tertiary/aromatic N) is 1. The molecule has 0 radical (unpaired) electrons. The number of carbonyl (C=O) groups is 1. The highest BCUT2D eigenvalue weighted by molar-refractivity contribution is 14.0. The molecule has 3 aromatic carbocycles. The van der Waals surface area contributed by atoms with Crippen LogP contribution in [-0.4, -0.2) is 25.5 Å². The number of guanidine groups is 1. The summed E-state index contributed by atoms with van der Waals surface area (Å²) in [7, 11) is 1.74. The van der Waals surface area contributed by atoms with Gasteiger partial charge in [-0.25, -0.2) is 0 Å². The molecule has 3 aromatic rings. The van der Waals surface area contributed by atoms with Crippen LogP contribution in [0.2, 0.25) is 0 Å². The molecule has 0 spiro atoms. The number of carbonyl (C=O) groups excluding carboxylic acids is 1. The maximum atomic E-state index is 12.0. The quantitative estimate of drug-likeness (QED) is 0.236. The maximum absolute atomic E-state index is 12.0. The fourth-order valence-corrected chi connectivity index (χ4v) is 3.61. The molecule has 7 heteroatoms. The molecule has 0 saturated carbocycles. The monoisotopic (exact) mass is 542 g/mol. The summed E-state index contributed by atoms with van der Waals surface area (Å²) in [6.45, 7) is 1.26. The molecule has 32 heavy (non-hydrogen) atoms. The Morgan fingerprint density at radius 3 is 2.41 bits per heavy atom. The zero-order chi connectivity index (χ0) is 21.5. The normalized spacial score (nSPS) is 15.1. The lowest BCUT2D eigenvalue weighted by Crippen LogP contribution is -2.40. The SMILES string of the molecule is CN=C(NCc1ccc(Oc2ccccc2)cc1)NCC1CC(=O)Nc2ccccc21.I. The van der Waals surface area contributed by atoms with Crippen LogP contribution in [0.4, 0.5) is 5.69 Å². The van der Waals surface area contributed by atoms with Crippen molar-refractivity contribution in [3.63, 3.8) is 0 Å². The molecule has 6 nitrogen and oxygen atoms in total. The third-order valence-corrected chi connectivity index (χ3v) is 5.21. The molecule has 0 fully saturated rings. The number of aliphatic imine (C=N–C) groups is 1. The van der Waals surface area contributed by atoms with Crippen LogP contribution in [-0.2, 0) is 11.3 Å². The van der Waals surface area contributed by atoms with Gasteiger partial charge in [-0.2, -0.15) is 0 Å². The van der Waals surface area contributed by atoms with Crippen LogP contribution in [0, 0.1) is 0 Å². The fraction of sp³-hybridized carbons (Fsp3) is 0.200. The number of para-hydroxylation sites is 2. The first-order valence-electron chi connectivity index (χ1n) is 10.4. The Balaban J connectivity index is 0.00000289. The first-order chi connectivity index (χ1) is 15.2. The molecule has 0 bridgehead atoms. The lowest BCUT2D eigenvalue weighted by molar-refractivity contribution is -0.116. The highest BCUT2D eigenvalue weighted by Gasteiger charge is 2.24. The lowest BCUT2D eigenvalue weighted by Gasteiger charge is -2.26. The van der Waals surface area contributed by atoms with Gasteiger partial charge in [0.2, 0.25) is 5.91 Å². The molecule has 1 unspecified atom stereocenters. The molecule has 0 aromatic heterocycles. The Hall–Kier alpha value is -3.07. The summed E-state index contributed by atoms with van der Waals surface area (Å²) in [5.41, 5.74) is 3.16. The van der Waals surface area contributed by atoms with Gasteiger partial charge in [0.25, 0.3) is 0 Å². The maximum Gasteiger partial charge on any atom is 0.225 e. The largest absolute Gasteiger partial charge is 0.457 e. The second kappa shape index (κ2) is 11.5. The minimum absolute atomic E-state index is 0. The van der Waals surface area contributed by atoms with E-state index in [0.29, 0.717) is 25.5 Å². The van der Waals surface area contributed by atoms with Crippen LogP contribution in [0.3, 0.4) is 0 Å². The first kappa shape index (κ1) is 23.6. The van der Waals surface area contributed by atoms with E-state index in [2.05, 4.69) is 27.0 Å². The summed E-state index contributed by atoms with van der Waals surface area (Å²) >= 11 is 0. The zero-order valence-corrected chi connectivity index (χ0v) is 20.2. The minimum atomic E-state index is 0. The van der Waals surface area contributed by atoms with Crippen LogP contribution < -0.4 is 20.7 Å². The Morgan fingerprint density at radius 2 is 1.66 bits per heavy atom. The number of hydrogen-bond acceptors (Lipinski definition) is 3. The van der Waals surface area contributed by atoms with Crippen molar-refractivity contribution in [2.24, 2.45) is 4.99 Å². The molecule has 1 amide bonds. The molecule has 3 N–H and O–H groups in total. The molecule has 1 heterocycles. The molecule has 1 aliphatic heterocycles. The van der Waals surface area contributed by atoms with Gasteiger partial charge in [0, 0.05) is 38.2 Å². The molecule has 1 aliphatic rings. The van der Waals surface area contributed by atoms with Crippen LogP contribution in [0.5, 0.6) is 11.5 Å². The van der Waals surface area contributed by atoms with Crippen molar-refractivity contribution < 1.29 is 9.53 Å². The molecular weight excluding hydrogens is 515 g/mol. The Kier molecular flexibility index (Phi) is 8.49. The topological polar surface area (TPSA) is 74.8 Å². The number of hydrogen-bond donors (Lipinski definition) is 3. The van der Waals surface area contributed by atoms with Crippen molar-refractivity contribution in [2.45, 2.75) is 18.9 Å². The van der Waals surface area contributed by atoms with E-state index in [1.54, 1.807) is 7.05 Å². The summed E-state index contributed by atoms with van der Waals surface area (Å²) in [6.07, 6.45) is 0.462. The predicted octanol–water partition coefficient (Wildman–Crippen LogP) is 4.89. The smallest absolute Gasteiger partial charge is 0.225 e. The summed E-state index contributed by atoms with van der Waals surface area (Å²) in [5, 5.41) is 9.61. The van der Waals surface area contributed by atoms with E-state index in [4.69, 9.17) is 4.74 Å². The van der Waals surface area contributed by atoms with E-state index < -0.39 is 0 Å². The second-order valence-electron chi connectivity index (χ2n) is 7.40. The van der Waals surface area contributed by atoms with Crippen molar-refractivity contribution in [3.05, 3.63) is 90.0 Å². The van der Waals surface area contributed by atoms with Crippen molar-refractivity contribution in [3.8, 4) is 11.5 Å². The van der Waals surface area contributed by atoms with E-state index >= 15 is 0 Å². The Bertz CT molecular complexity index is 1060. The van der Waals surface area contributed by atoms with Crippen LogP contribution in [0.15, 0.2) is 83.9 Å². The lowest BCUT2D eigenvalue weighted by atomic mass is 9.90. The number of ether oxygens (including phenoxy) is 1. The molecule has 4 rings (SSSR count). The van der Waals surface area contributed by atoms with E-state index in [-0.39, 0.29) is 35.8 Å². The summed E-state index contributed by atoms with van der Waals surface area (Å²) < 4.78 is 5.83. The molecule has 0 saturated heterocycles. The highest BCUT2D eigenvalue weighted by atomic mass is 127. The van der Waals surface area contributed by atoms with E-state index in [1.807, 2.05) is 72.8 Å². The number of nitrogens with one attached hydrogen (secondary N) is 3. The predicted molar refractivity (Wildman–Crippen MR) is 139 cm³/mol.